The van der Waals surface area contributed by atoms with Crippen LogP contribution in [0.2, 0.25) is 0 Å². The summed E-state index contributed by atoms with van der Waals surface area (Å²) in [4.78, 5) is 0.724. The van der Waals surface area contributed by atoms with E-state index >= 15 is 0 Å². The smallest absolute Gasteiger partial charge is 0.207 e. The van der Waals surface area contributed by atoms with Crippen molar-refractivity contribution in [3.8, 4) is 0 Å². The van der Waals surface area contributed by atoms with Crippen molar-refractivity contribution in [2.24, 2.45) is 0 Å². The van der Waals surface area contributed by atoms with Gasteiger partial charge in [0.05, 0.1) is 9.79 Å². The van der Waals surface area contributed by atoms with Crippen LogP contribution in [0.3, 0.4) is 0 Å². The van der Waals surface area contributed by atoms with Crippen molar-refractivity contribution < 1.29 is 8.42 Å². The van der Waals surface area contributed by atoms with Gasteiger partial charge in [-0.15, -0.1) is 0 Å². The van der Waals surface area contributed by atoms with Crippen LogP contribution in [0.5, 0.6) is 0 Å². The van der Waals surface area contributed by atoms with Crippen LogP contribution in [0.25, 0.3) is 16.3 Å². The summed E-state index contributed by atoms with van der Waals surface area (Å²) in [5.74, 6) is 0. The molecular formula is C19H14O2S. The Morgan fingerprint density at radius 3 is 2.14 bits per heavy atom. The molecule has 0 unspecified atom stereocenters. The van der Waals surface area contributed by atoms with E-state index in [1.54, 1.807) is 30.3 Å². The second kappa shape index (κ2) is 4.82. The van der Waals surface area contributed by atoms with Crippen molar-refractivity contribution in [3.63, 3.8) is 0 Å². The van der Waals surface area contributed by atoms with Crippen molar-refractivity contribution >= 4 is 26.2 Å². The maximum atomic E-state index is 13.0. The van der Waals surface area contributed by atoms with Crippen molar-refractivity contribution in [2.45, 2.75) is 16.2 Å². The lowest BCUT2D eigenvalue weighted by atomic mass is 10.0. The molecule has 0 saturated heterocycles. The lowest BCUT2D eigenvalue weighted by molar-refractivity contribution is 0.597. The highest BCUT2D eigenvalue weighted by molar-refractivity contribution is 7.91. The fraction of sp³-hybridized carbons (Fsp3) is 0.0526. The first-order chi connectivity index (χ1) is 10.7. The zero-order chi connectivity index (χ0) is 15.2. The minimum Gasteiger partial charge on any atom is -0.218 e. The van der Waals surface area contributed by atoms with Crippen LogP contribution in [-0.4, -0.2) is 8.42 Å². The number of fused-ring (bicyclic) bond motifs is 1. The molecule has 0 N–H and O–H groups in total. The normalized spacial score (nSPS) is 13.9. The molecule has 22 heavy (non-hydrogen) atoms. The topological polar surface area (TPSA) is 34.1 Å². The molecule has 1 aliphatic rings. The van der Waals surface area contributed by atoms with Gasteiger partial charge in [-0.25, -0.2) is 8.42 Å². The van der Waals surface area contributed by atoms with Gasteiger partial charge in [-0.1, -0.05) is 54.6 Å². The Hall–Kier alpha value is -2.39. The van der Waals surface area contributed by atoms with Gasteiger partial charge in [-0.2, -0.15) is 0 Å². The van der Waals surface area contributed by atoms with Crippen LogP contribution in [0, 0.1) is 0 Å². The van der Waals surface area contributed by atoms with E-state index in [0.717, 1.165) is 22.8 Å². The van der Waals surface area contributed by atoms with Crippen LogP contribution in [0.15, 0.2) is 82.6 Å². The second-order valence-electron chi connectivity index (χ2n) is 5.41. The van der Waals surface area contributed by atoms with E-state index in [9.17, 15) is 8.42 Å². The van der Waals surface area contributed by atoms with E-state index in [4.69, 9.17) is 0 Å². The number of benzene rings is 3. The SMILES string of the molecule is O=S(=O)(c1ccccc1)c1cccc2cccc(C3=CC3)c12. The molecule has 0 fully saturated rings. The second-order valence-corrected chi connectivity index (χ2v) is 7.33. The Morgan fingerprint density at radius 1 is 0.773 bits per heavy atom. The van der Waals surface area contributed by atoms with Gasteiger partial charge in [0.2, 0.25) is 9.84 Å². The van der Waals surface area contributed by atoms with Crippen LogP contribution in [0.1, 0.15) is 12.0 Å². The number of sulfone groups is 1. The van der Waals surface area contributed by atoms with Crippen molar-refractivity contribution in [1.29, 1.82) is 0 Å². The molecule has 1 aliphatic carbocycles. The van der Waals surface area contributed by atoms with E-state index in [0.29, 0.717) is 9.79 Å². The Labute approximate surface area is 129 Å². The molecule has 0 atom stereocenters. The minimum atomic E-state index is -3.52. The molecule has 0 radical (unpaired) electrons. The molecule has 0 amide bonds. The zero-order valence-corrected chi connectivity index (χ0v) is 12.7. The summed E-state index contributed by atoms with van der Waals surface area (Å²) in [6.45, 7) is 0. The maximum Gasteiger partial charge on any atom is 0.207 e. The van der Waals surface area contributed by atoms with Crippen LogP contribution >= 0.6 is 0 Å². The van der Waals surface area contributed by atoms with Crippen LogP contribution in [0.4, 0.5) is 0 Å². The summed E-state index contributed by atoms with van der Waals surface area (Å²) in [7, 11) is -3.52. The standard InChI is InChI=1S/C19H14O2S/c20-22(21,16-8-2-1-3-9-16)18-11-5-7-15-6-4-10-17(19(15)18)14-12-13-14/h1-12H,13H2. The van der Waals surface area contributed by atoms with E-state index in [2.05, 4.69) is 6.08 Å². The van der Waals surface area contributed by atoms with Gasteiger partial charge in [0.1, 0.15) is 0 Å². The lowest BCUT2D eigenvalue weighted by Crippen LogP contribution is -2.03. The average Bonchev–Trinajstić information content (AvgIpc) is 3.39. The summed E-state index contributed by atoms with van der Waals surface area (Å²) < 4.78 is 26.0. The molecule has 108 valence electrons. The molecule has 3 aromatic carbocycles. The quantitative estimate of drug-likeness (QED) is 0.716. The highest BCUT2D eigenvalue weighted by atomic mass is 32.2. The molecule has 0 aliphatic heterocycles. The number of allylic oxidation sites excluding steroid dienone is 2. The van der Waals surface area contributed by atoms with E-state index in [1.165, 1.54) is 5.57 Å². The largest absolute Gasteiger partial charge is 0.218 e. The number of rotatable bonds is 3. The predicted octanol–water partition coefficient (Wildman–Crippen LogP) is 4.46. The molecule has 3 heteroatoms. The molecule has 0 spiro atoms. The Morgan fingerprint density at radius 2 is 1.45 bits per heavy atom. The summed E-state index contributed by atoms with van der Waals surface area (Å²) in [5, 5.41) is 1.79. The predicted molar refractivity (Wildman–Crippen MR) is 88.4 cm³/mol. The van der Waals surface area contributed by atoms with Gasteiger partial charge in [-0.05, 0) is 41.1 Å². The summed E-state index contributed by atoms with van der Waals surface area (Å²) in [5.41, 5.74) is 2.26. The summed E-state index contributed by atoms with van der Waals surface area (Å²) >= 11 is 0. The van der Waals surface area contributed by atoms with Gasteiger partial charge in [0, 0.05) is 5.39 Å². The lowest BCUT2D eigenvalue weighted by Gasteiger charge is -2.11. The molecule has 0 saturated carbocycles. The molecule has 2 nitrogen and oxygen atoms in total. The molecule has 0 bridgehead atoms. The molecule has 0 heterocycles. The maximum absolute atomic E-state index is 13.0. The van der Waals surface area contributed by atoms with Gasteiger partial charge in [0.15, 0.2) is 0 Å². The van der Waals surface area contributed by atoms with E-state index in [1.807, 2.05) is 36.4 Å². The first kappa shape index (κ1) is 13.3. The first-order valence-electron chi connectivity index (χ1n) is 7.19. The third-order valence-corrected chi connectivity index (χ3v) is 5.78. The fourth-order valence-electron chi connectivity index (χ4n) is 2.80. The van der Waals surface area contributed by atoms with E-state index in [-0.39, 0.29) is 0 Å². The first-order valence-corrected chi connectivity index (χ1v) is 8.67. The summed E-state index contributed by atoms with van der Waals surface area (Å²) in [6, 6.07) is 20.0. The Kier molecular flexibility index (Phi) is 2.91. The highest BCUT2D eigenvalue weighted by Crippen LogP contribution is 2.39. The van der Waals surface area contributed by atoms with Crippen LogP contribution in [-0.2, 0) is 9.84 Å². The third-order valence-electron chi connectivity index (χ3n) is 3.96. The fourth-order valence-corrected chi connectivity index (χ4v) is 4.32. The van der Waals surface area contributed by atoms with Crippen molar-refractivity contribution in [2.75, 3.05) is 0 Å². The van der Waals surface area contributed by atoms with E-state index < -0.39 is 9.84 Å². The highest BCUT2D eigenvalue weighted by Gasteiger charge is 2.23. The monoisotopic (exact) mass is 306 g/mol. The van der Waals surface area contributed by atoms with Crippen molar-refractivity contribution in [1.82, 2.24) is 0 Å². The van der Waals surface area contributed by atoms with Crippen LogP contribution < -0.4 is 0 Å². The number of hydrogen-bond acceptors (Lipinski definition) is 2. The summed E-state index contributed by atoms with van der Waals surface area (Å²) in [6.07, 6.45) is 3.07. The van der Waals surface area contributed by atoms with Gasteiger partial charge < -0.3 is 0 Å². The molecular weight excluding hydrogens is 292 g/mol. The third kappa shape index (κ3) is 2.06. The molecule has 0 aromatic heterocycles. The van der Waals surface area contributed by atoms with Gasteiger partial charge >= 0.3 is 0 Å². The Bertz CT molecular complexity index is 995. The van der Waals surface area contributed by atoms with Crippen molar-refractivity contribution in [3.05, 3.63) is 78.4 Å². The minimum absolute atomic E-state index is 0.335. The molecule has 4 rings (SSSR count). The number of hydrogen-bond donors (Lipinski definition) is 0. The average molecular weight is 306 g/mol. The Balaban J connectivity index is 2.06. The zero-order valence-electron chi connectivity index (χ0n) is 11.9. The van der Waals surface area contributed by atoms with Gasteiger partial charge in [-0.3, -0.25) is 0 Å². The molecule has 3 aromatic rings. The van der Waals surface area contributed by atoms with Gasteiger partial charge in [0.25, 0.3) is 0 Å².